The van der Waals surface area contributed by atoms with Crippen LogP contribution in [0.25, 0.3) is 10.9 Å². The highest BCUT2D eigenvalue weighted by Crippen LogP contribution is 2.49. The first-order valence-electron chi connectivity index (χ1n) is 15.8. The highest BCUT2D eigenvalue weighted by molar-refractivity contribution is 6.06. The van der Waals surface area contributed by atoms with Crippen molar-refractivity contribution in [2.75, 3.05) is 35.2 Å². The van der Waals surface area contributed by atoms with Crippen LogP contribution >= 0.6 is 0 Å². The van der Waals surface area contributed by atoms with Gasteiger partial charge in [0.2, 0.25) is 17.7 Å². The minimum Gasteiger partial charge on any atom is -0.364 e. The number of anilines is 3. The van der Waals surface area contributed by atoms with Crippen LogP contribution in [0.4, 0.5) is 17.2 Å². The highest BCUT2D eigenvalue weighted by atomic mass is 16.2. The molecule has 1 fully saturated rings. The fraction of sp³-hybridized carbons (Fsp3) is 0.361. The minimum absolute atomic E-state index is 0.0164. The topological polar surface area (TPSA) is 108 Å². The Bertz CT molecular complexity index is 1920. The number of hydrogen-bond donors (Lipinski definition) is 2. The van der Waals surface area contributed by atoms with Crippen molar-refractivity contribution >= 4 is 45.8 Å². The van der Waals surface area contributed by atoms with E-state index in [0.29, 0.717) is 38.2 Å². The number of hydrogen-bond acceptors (Lipinski definition) is 6. The van der Waals surface area contributed by atoms with Gasteiger partial charge in [0.1, 0.15) is 5.82 Å². The molecule has 2 N–H and O–H groups in total. The summed E-state index contributed by atoms with van der Waals surface area (Å²) in [5.41, 5.74) is 6.86. The van der Waals surface area contributed by atoms with E-state index in [1.807, 2.05) is 29.2 Å². The standard InChI is InChI=1S/C36H36N6O3/c1-22(43)38-28-8-5-9-30-32(28)35(2,19-31(44)41-13-3-4-14-41)21-42(30)20-26-11-10-23-15-24-17-36(18-25(24)16-29(23)39-26)27-7-6-12-37-33(27)40-34(36)45/h5-12,15-16H,3-4,13-14,17-21H2,1-2H3,(H,38,43)(H,37,40,45). The molecule has 2 atom stereocenters. The number of aromatic nitrogens is 2. The summed E-state index contributed by atoms with van der Waals surface area (Å²) >= 11 is 0. The third-order valence-electron chi connectivity index (χ3n) is 10.2. The molecule has 0 saturated carbocycles. The molecule has 9 heteroatoms. The second-order valence-electron chi connectivity index (χ2n) is 13.5. The summed E-state index contributed by atoms with van der Waals surface area (Å²) in [4.78, 5) is 52.6. The first-order chi connectivity index (χ1) is 21.7. The normalized spacial score (nSPS) is 22.9. The molecule has 0 radical (unpaired) electrons. The maximum Gasteiger partial charge on any atom is 0.237 e. The van der Waals surface area contributed by atoms with Crippen LogP contribution in [0.5, 0.6) is 0 Å². The van der Waals surface area contributed by atoms with Crippen molar-refractivity contribution in [2.45, 2.75) is 63.3 Å². The lowest BCUT2D eigenvalue weighted by atomic mass is 9.79. The molecule has 2 unspecified atom stereocenters. The number of pyridine rings is 2. The molecular weight excluding hydrogens is 564 g/mol. The van der Waals surface area contributed by atoms with E-state index in [-0.39, 0.29) is 17.7 Å². The Morgan fingerprint density at radius 2 is 1.82 bits per heavy atom. The smallest absolute Gasteiger partial charge is 0.237 e. The molecule has 9 nitrogen and oxygen atoms in total. The number of nitrogens with zero attached hydrogens (tertiary/aromatic N) is 4. The summed E-state index contributed by atoms with van der Waals surface area (Å²) in [6, 6.07) is 18.4. The van der Waals surface area contributed by atoms with Gasteiger partial charge in [-0.1, -0.05) is 25.1 Å². The van der Waals surface area contributed by atoms with Crippen molar-refractivity contribution in [3.63, 3.8) is 0 Å². The van der Waals surface area contributed by atoms with Crippen LogP contribution in [-0.4, -0.2) is 52.2 Å². The lowest BCUT2D eigenvalue weighted by molar-refractivity contribution is -0.131. The number of fused-ring (bicyclic) bond motifs is 5. The first-order valence-corrected chi connectivity index (χ1v) is 15.8. The number of carbonyl (C=O) groups is 3. The Morgan fingerprint density at radius 1 is 1.02 bits per heavy atom. The quantitative estimate of drug-likeness (QED) is 0.339. The zero-order valence-corrected chi connectivity index (χ0v) is 25.7. The molecular formula is C36H36N6O3. The monoisotopic (exact) mass is 600 g/mol. The van der Waals surface area contributed by atoms with Gasteiger partial charge < -0.3 is 20.4 Å². The Balaban J connectivity index is 1.10. The Kier molecular flexibility index (Phi) is 6.24. The van der Waals surface area contributed by atoms with Crippen LogP contribution in [-0.2, 0) is 44.6 Å². The SMILES string of the molecule is CC(=O)Nc1cccc2c1C(C)(CC(=O)N1CCCC1)CN2Cc1ccc2cc3c(cc2n1)CC1(C3)C(=O)Nc2ncccc21. The van der Waals surface area contributed by atoms with E-state index >= 15 is 0 Å². The van der Waals surface area contributed by atoms with E-state index in [2.05, 4.69) is 57.8 Å². The number of amides is 3. The van der Waals surface area contributed by atoms with Crippen molar-refractivity contribution in [1.82, 2.24) is 14.9 Å². The molecule has 45 heavy (non-hydrogen) atoms. The van der Waals surface area contributed by atoms with Gasteiger partial charge in [0.25, 0.3) is 0 Å². The zero-order chi connectivity index (χ0) is 30.9. The van der Waals surface area contributed by atoms with E-state index in [1.165, 1.54) is 12.5 Å². The number of nitrogens with one attached hydrogen (secondary N) is 2. The molecule has 4 aliphatic rings. The van der Waals surface area contributed by atoms with E-state index in [4.69, 9.17) is 4.98 Å². The van der Waals surface area contributed by atoms with Crippen LogP contribution in [0, 0.1) is 0 Å². The van der Waals surface area contributed by atoms with Crippen LogP contribution in [0.2, 0.25) is 0 Å². The fourth-order valence-electron chi connectivity index (χ4n) is 8.24. The van der Waals surface area contributed by atoms with Crippen LogP contribution in [0.3, 0.4) is 0 Å². The number of likely N-dealkylation sites (tertiary alicyclic amines) is 1. The summed E-state index contributed by atoms with van der Waals surface area (Å²) in [5.74, 6) is 0.727. The predicted molar refractivity (Wildman–Crippen MR) is 173 cm³/mol. The Hall–Kier alpha value is -4.79. The van der Waals surface area contributed by atoms with Gasteiger partial charge in [0.05, 0.1) is 23.2 Å². The van der Waals surface area contributed by atoms with Crippen molar-refractivity contribution in [3.8, 4) is 0 Å². The molecule has 3 aliphatic heterocycles. The van der Waals surface area contributed by atoms with Gasteiger partial charge in [-0.15, -0.1) is 0 Å². The van der Waals surface area contributed by atoms with E-state index in [0.717, 1.165) is 70.6 Å². The fourth-order valence-corrected chi connectivity index (χ4v) is 8.24. The zero-order valence-electron chi connectivity index (χ0n) is 25.7. The summed E-state index contributed by atoms with van der Waals surface area (Å²) in [6.45, 7) is 6.52. The second-order valence-corrected chi connectivity index (χ2v) is 13.5. The average molecular weight is 601 g/mol. The number of rotatable bonds is 5. The third-order valence-corrected chi connectivity index (χ3v) is 10.2. The van der Waals surface area contributed by atoms with Crippen LogP contribution in [0.15, 0.2) is 60.8 Å². The van der Waals surface area contributed by atoms with Gasteiger partial charge >= 0.3 is 0 Å². The van der Waals surface area contributed by atoms with Crippen molar-refractivity contribution in [1.29, 1.82) is 0 Å². The Morgan fingerprint density at radius 3 is 2.62 bits per heavy atom. The lowest BCUT2D eigenvalue weighted by Gasteiger charge is -2.29. The maximum atomic E-state index is 13.4. The van der Waals surface area contributed by atoms with Gasteiger partial charge in [0, 0.05) is 72.5 Å². The minimum atomic E-state index is -0.617. The van der Waals surface area contributed by atoms with Crippen LogP contribution < -0.4 is 15.5 Å². The van der Waals surface area contributed by atoms with Crippen molar-refractivity contribution in [2.24, 2.45) is 0 Å². The third kappa shape index (κ3) is 4.47. The first kappa shape index (κ1) is 27.7. The molecule has 4 aromatic rings. The average Bonchev–Trinajstić information content (AvgIpc) is 3.78. The van der Waals surface area contributed by atoms with E-state index < -0.39 is 10.8 Å². The van der Waals surface area contributed by atoms with E-state index in [9.17, 15) is 14.4 Å². The van der Waals surface area contributed by atoms with E-state index in [1.54, 1.807) is 6.20 Å². The molecule has 228 valence electrons. The molecule has 2 aromatic heterocycles. The summed E-state index contributed by atoms with van der Waals surface area (Å²) in [7, 11) is 0. The van der Waals surface area contributed by atoms with Crippen molar-refractivity contribution in [3.05, 3.63) is 88.7 Å². The Labute approximate surface area is 262 Å². The van der Waals surface area contributed by atoms with Gasteiger partial charge in [-0.3, -0.25) is 19.4 Å². The molecule has 1 saturated heterocycles. The lowest BCUT2D eigenvalue weighted by Crippen LogP contribution is -2.38. The maximum absolute atomic E-state index is 13.4. The van der Waals surface area contributed by atoms with Crippen LogP contribution in [0.1, 0.15) is 61.1 Å². The summed E-state index contributed by atoms with van der Waals surface area (Å²) < 4.78 is 0. The molecule has 1 aliphatic carbocycles. The molecule has 5 heterocycles. The second kappa shape index (κ2) is 10.1. The molecule has 3 amide bonds. The van der Waals surface area contributed by atoms with Gasteiger partial charge in [-0.25, -0.2) is 4.98 Å². The van der Waals surface area contributed by atoms with Gasteiger partial charge in [0.15, 0.2) is 0 Å². The highest BCUT2D eigenvalue weighted by Gasteiger charge is 2.51. The van der Waals surface area contributed by atoms with Crippen molar-refractivity contribution < 1.29 is 14.4 Å². The number of carbonyl (C=O) groups excluding carboxylic acids is 3. The molecule has 1 spiro atoms. The molecule has 0 bridgehead atoms. The summed E-state index contributed by atoms with van der Waals surface area (Å²) in [6.07, 6.45) is 5.49. The number of benzene rings is 2. The van der Waals surface area contributed by atoms with Gasteiger partial charge in [-0.05, 0) is 73.2 Å². The molecule has 2 aromatic carbocycles. The van der Waals surface area contributed by atoms with Gasteiger partial charge in [-0.2, -0.15) is 0 Å². The molecule has 8 rings (SSSR count). The predicted octanol–water partition coefficient (Wildman–Crippen LogP) is 4.87. The summed E-state index contributed by atoms with van der Waals surface area (Å²) in [5, 5.41) is 7.07. The largest absolute Gasteiger partial charge is 0.364 e.